The van der Waals surface area contributed by atoms with Crippen LogP contribution in [0.1, 0.15) is 64.5 Å². The molecule has 12 heteroatoms. The van der Waals surface area contributed by atoms with Crippen LogP contribution in [0.4, 0.5) is 27.6 Å². The van der Waals surface area contributed by atoms with Gasteiger partial charge >= 0.3 is 0 Å². The first-order chi connectivity index (χ1) is 22.5. The maximum Gasteiger partial charge on any atom is 0.261 e. The van der Waals surface area contributed by atoms with Crippen molar-refractivity contribution < 1.29 is 46.4 Å². The summed E-state index contributed by atoms with van der Waals surface area (Å²) in [6.07, 6.45) is -2.22. The van der Waals surface area contributed by atoms with Crippen molar-refractivity contribution >= 4 is 11.6 Å². The summed E-state index contributed by atoms with van der Waals surface area (Å²) in [6.45, 7) is 2.17. The van der Waals surface area contributed by atoms with E-state index in [1.54, 1.807) is 18.2 Å². The molecule has 1 fully saturated rings. The summed E-state index contributed by atoms with van der Waals surface area (Å²) in [5.74, 6) is -12.9. The molecule has 0 saturated carbocycles. The summed E-state index contributed by atoms with van der Waals surface area (Å²) in [6, 6.07) is 22.1. The minimum atomic E-state index is -2.37. The Morgan fingerprint density at radius 2 is 1.51 bits per heavy atom. The Bertz CT molecular complexity index is 1680. The quantitative estimate of drug-likeness (QED) is 0.0998. The van der Waals surface area contributed by atoms with E-state index in [0.29, 0.717) is 18.5 Å². The third-order valence-corrected chi connectivity index (χ3v) is 8.25. The predicted molar refractivity (Wildman–Crippen MR) is 163 cm³/mol. The third-order valence-electron chi connectivity index (χ3n) is 8.25. The van der Waals surface area contributed by atoms with Crippen LogP contribution in [0.15, 0.2) is 78.9 Å². The molecule has 1 amide bonds. The second-order valence-corrected chi connectivity index (χ2v) is 11.4. The van der Waals surface area contributed by atoms with Crippen LogP contribution in [-0.2, 0) is 16.1 Å². The molecule has 47 heavy (non-hydrogen) atoms. The molecular formula is C35H33F5N2O5. The monoisotopic (exact) mass is 656 g/mol. The summed E-state index contributed by atoms with van der Waals surface area (Å²) >= 11 is 0. The second-order valence-electron chi connectivity index (χ2n) is 11.4. The number of carbonyl (C=O) groups is 1. The van der Waals surface area contributed by atoms with Gasteiger partial charge in [-0.2, -0.15) is 0 Å². The van der Waals surface area contributed by atoms with E-state index >= 15 is 0 Å². The maximum absolute atomic E-state index is 14.3. The van der Waals surface area contributed by atoms with E-state index in [9.17, 15) is 37.0 Å². The van der Waals surface area contributed by atoms with Gasteiger partial charge in [-0.1, -0.05) is 66.7 Å². The Morgan fingerprint density at radius 3 is 2.15 bits per heavy atom. The number of likely N-dealkylation sites (N-methyl/N-ethyl adjacent to an activating group) is 1. The molecule has 0 unspecified atom stereocenters. The number of aliphatic hydroxyl groups is 2. The van der Waals surface area contributed by atoms with E-state index in [-0.39, 0.29) is 18.3 Å². The second kappa shape index (κ2) is 14.7. The Balaban J connectivity index is 1.38. The highest BCUT2D eigenvalue weighted by molar-refractivity contribution is 6.04. The van der Waals surface area contributed by atoms with Gasteiger partial charge in [0.15, 0.2) is 29.6 Å². The number of anilines is 1. The number of amides is 1. The van der Waals surface area contributed by atoms with Gasteiger partial charge in [-0.3, -0.25) is 9.69 Å². The molecule has 0 aromatic heterocycles. The fraction of sp³-hybridized carbons (Fsp3) is 0.286. The lowest BCUT2D eigenvalue weighted by Gasteiger charge is -2.39. The number of hydrogen-bond acceptors (Lipinski definition) is 6. The Morgan fingerprint density at radius 1 is 0.872 bits per heavy atom. The van der Waals surface area contributed by atoms with Crippen LogP contribution < -0.4 is 5.32 Å². The molecule has 1 aliphatic rings. The van der Waals surface area contributed by atoms with Gasteiger partial charge in [0, 0.05) is 30.3 Å². The topological polar surface area (TPSA) is 91.3 Å². The zero-order valence-corrected chi connectivity index (χ0v) is 25.5. The van der Waals surface area contributed by atoms with Gasteiger partial charge in [-0.25, -0.2) is 22.0 Å². The van der Waals surface area contributed by atoms with Crippen molar-refractivity contribution in [1.29, 1.82) is 0 Å². The normalized spacial score (nSPS) is 19.4. The van der Waals surface area contributed by atoms with Crippen LogP contribution in [0.3, 0.4) is 0 Å². The lowest BCUT2D eigenvalue weighted by Crippen LogP contribution is -2.43. The Labute approximate surface area is 268 Å². The largest absolute Gasteiger partial charge is 0.392 e. The number of nitrogens with one attached hydrogen (secondary N) is 1. The number of hydrogen-bond donors (Lipinski definition) is 3. The number of ether oxygens (including phenoxy) is 2. The lowest BCUT2D eigenvalue weighted by molar-refractivity contribution is -0.253. The van der Waals surface area contributed by atoms with Gasteiger partial charge in [0.1, 0.15) is 5.56 Å². The van der Waals surface area contributed by atoms with E-state index in [4.69, 9.17) is 9.47 Å². The van der Waals surface area contributed by atoms with E-state index in [0.717, 1.165) is 16.7 Å². The molecule has 0 bridgehead atoms. The highest BCUT2D eigenvalue weighted by atomic mass is 19.2. The number of halogens is 5. The van der Waals surface area contributed by atoms with E-state index < -0.39 is 65.2 Å². The average molecular weight is 657 g/mol. The zero-order valence-electron chi connectivity index (χ0n) is 25.5. The van der Waals surface area contributed by atoms with E-state index in [2.05, 4.69) is 5.32 Å². The predicted octanol–water partition coefficient (Wildman–Crippen LogP) is 6.73. The highest BCUT2D eigenvalue weighted by Crippen LogP contribution is 2.39. The van der Waals surface area contributed by atoms with Crippen LogP contribution in [0, 0.1) is 29.1 Å². The molecule has 7 nitrogen and oxygen atoms in total. The zero-order chi connectivity index (χ0) is 33.8. The van der Waals surface area contributed by atoms with E-state index in [1.165, 1.54) is 18.2 Å². The molecule has 0 spiro atoms. The SMILES string of the molecule is C[C@H]([C@@H](O)c1ccccc1)N(C)C[C@@H]1C[C@H](c2ccc(CO)cc2)O[C@H](c2cccc(NC(=O)c3c(F)c(F)c(F)c(F)c3F)c2)O1. The number of aliphatic hydroxyl groups excluding tert-OH is 2. The van der Waals surface area contributed by atoms with Crippen LogP contribution in [0.5, 0.6) is 0 Å². The minimum absolute atomic E-state index is 0.00802. The van der Waals surface area contributed by atoms with Gasteiger partial charge in [0.25, 0.3) is 5.91 Å². The summed E-state index contributed by atoms with van der Waals surface area (Å²) in [5, 5.41) is 22.7. The van der Waals surface area contributed by atoms with Crippen molar-refractivity contribution in [2.75, 3.05) is 18.9 Å². The molecular weight excluding hydrogens is 623 g/mol. The molecule has 1 saturated heterocycles. The molecule has 248 valence electrons. The number of nitrogens with zero attached hydrogens (tertiary/aromatic N) is 1. The van der Waals surface area contributed by atoms with Crippen molar-refractivity contribution in [3.05, 3.63) is 136 Å². The van der Waals surface area contributed by atoms with Gasteiger partial charge < -0.3 is 25.0 Å². The lowest BCUT2D eigenvalue weighted by atomic mass is 9.98. The number of carbonyl (C=O) groups excluding carboxylic acids is 1. The molecule has 4 aromatic carbocycles. The first-order valence-electron chi connectivity index (χ1n) is 14.8. The number of benzene rings is 4. The average Bonchev–Trinajstić information content (AvgIpc) is 3.09. The van der Waals surface area contributed by atoms with Crippen LogP contribution >= 0.6 is 0 Å². The van der Waals surface area contributed by atoms with E-state index in [1.807, 2.05) is 61.3 Å². The molecule has 5 rings (SSSR count). The van der Waals surface area contributed by atoms with Crippen molar-refractivity contribution in [3.63, 3.8) is 0 Å². The molecule has 0 radical (unpaired) electrons. The summed E-state index contributed by atoms with van der Waals surface area (Å²) < 4.78 is 82.2. The molecule has 3 N–H and O–H groups in total. The molecule has 4 aromatic rings. The summed E-state index contributed by atoms with van der Waals surface area (Å²) in [4.78, 5) is 14.7. The molecule has 1 heterocycles. The highest BCUT2D eigenvalue weighted by Gasteiger charge is 2.35. The Hall–Kier alpha value is -4.20. The summed E-state index contributed by atoms with van der Waals surface area (Å²) in [7, 11) is 1.87. The van der Waals surface area contributed by atoms with Gasteiger partial charge in [0.05, 0.1) is 24.9 Å². The van der Waals surface area contributed by atoms with Crippen molar-refractivity contribution in [1.82, 2.24) is 4.90 Å². The number of rotatable bonds is 10. The Kier molecular flexibility index (Phi) is 10.7. The smallest absolute Gasteiger partial charge is 0.261 e. The van der Waals surface area contributed by atoms with Gasteiger partial charge in [-0.15, -0.1) is 0 Å². The molecule has 1 aliphatic heterocycles. The molecule has 0 aliphatic carbocycles. The third kappa shape index (κ3) is 7.53. The van der Waals surface area contributed by atoms with Crippen LogP contribution in [-0.4, -0.2) is 46.8 Å². The van der Waals surface area contributed by atoms with Gasteiger partial charge in [0.2, 0.25) is 5.82 Å². The maximum atomic E-state index is 14.3. The van der Waals surface area contributed by atoms with Crippen molar-refractivity contribution in [2.24, 2.45) is 0 Å². The fourth-order valence-electron chi connectivity index (χ4n) is 5.45. The molecule has 5 atom stereocenters. The standard InChI is InChI=1S/C35H33F5N2O5/c1-19(33(44)22-7-4-3-5-8-22)42(2)17-25-16-26(21-13-11-20(18-43)12-14-21)47-35(46-25)23-9-6-10-24(15-23)41-34(45)27-28(36)30(38)32(40)31(39)29(27)37/h3-15,19,25-26,33,35,43-44H,16-18H2,1-2H3,(H,41,45)/t19-,25+,26-,33-,35-/m1/s1. The first-order valence-corrected chi connectivity index (χ1v) is 14.8. The van der Waals surface area contributed by atoms with Crippen LogP contribution in [0.25, 0.3) is 0 Å². The fourth-order valence-corrected chi connectivity index (χ4v) is 5.45. The van der Waals surface area contributed by atoms with Crippen molar-refractivity contribution in [2.45, 2.75) is 50.6 Å². The van der Waals surface area contributed by atoms with Crippen molar-refractivity contribution in [3.8, 4) is 0 Å². The van der Waals surface area contributed by atoms with Gasteiger partial charge in [-0.05, 0) is 42.8 Å². The summed E-state index contributed by atoms with van der Waals surface area (Å²) in [5.41, 5.74) is 1.08. The first kappa shape index (κ1) is 34.1. The van der Waals surface area contributed by atoms with Crippen LogP contribution in [0.2, 0.25) is 0 Å². The minimum Gasteiger partial charge on any atom is -0.392 e.